The summed E-state index contributed by atoms with van der Waals surface area (Å²) in [5, 5.41) is 0. The number of fused-ring (bicyclic) bond motifs is 1. The van der Waals surface area contributed by atoms with Gasteiger partial charge in [0.25, 0.3) is 0 Å². The van der Waals surface area contributed by atoms with Crippen LogP contribution in [0.1, 0.15) is 5.82 Å². The monoisotopic (exact) mass is 368 g/mol. The van der Waals surface area contributed by atoms with E-state index in [4.69, 9.17) is 0 Å². The molecular weight excluding hydrogens is 359 g/mol. The van der Waals surface area contributed by atoms with Crippen LogP contribution in [0, 0.1) is 6.92 Å². The number of hydrogen-bond donors (Lipinski definition) is 1. The minimum Gasteiger partial charge on any atom is -0.313 e. The van der Waals surface area contributed by atoms with Crippen molar-refractivity contribution >= 4 is 50.2 Å². The van der Waals surface area contributed by atoms with Gasteiger partial charge in [-0.25, -0.2) is 15.0 Å². The van der Waals surface area contributed by atoms with E-state index in [0.717, 1.165) is 28.4 Å². The molecule has 0 aliphatic heterocycles. The first kappa shape index (κ1) is 11.8. The summed E-state index contributed by atoms with van der Waals surface area (Å²) in [6.45, 7) is 1.89. The molecule has 2 aromatic heterocycles. The molecule has 90 valence electrons. The van der Waals surface area contributed by atoms with Gasteiger partial charge < -0.3 is 3.53 Å². The van der Waals surface area contributed by atoms with E-state index in [1.54, 1.807) is 11.3 Å². The lowest BCUT2D eigenvalue weighted by Crippen LogP contribution is -1.95. The number of rotatable bonds is 2. The standard InChI is InChI=1S/C12H9IN4S/c1-7-15-9(5-12(16-7)17-13)8-2-3-11-10(4-8)14-6-18-11/h2-6H,1H3,(H,15,16,17). The summed E-state index contributed by atoms with van der Waals surface area (Å²) in [6.07, 6.45) is 0. The Morgan fingerprint density at radius 3 is 2.94 bits per heavy atom. The Labute approximate surface area is 122 Å². The molecule has 1 aromatic carbocycles. The van der Waals surface area contributed by atoms with Crippen LogP contribution in [0.15, 0.2) is 29.8 Å². The van der Waals surface area contributed by atoms with Gasteiger partial charge in [-0.2, -0.15) is 0 Å². The van der Waals surface area contributed by atoms with Gasteiger partial charge in [0.05, 0.1) is 44.3 Å². The van der Waals surface area contributed by atoms with Crippen LogP contribution < -0.4 is 3.53 Å². The molecule has 0 aliphatic carbocycles. The third kappa shape index (κ3) is 2.17. The molecule has 0 saturated carbocycles. The van der Waals surface area contributed by atoms with Gasteiger partial charge in [0.15, 0.2) is 0 Å². The Morgan fingerprint density at radius 2 is 2.11 bits per heavy atom. The first-order valence-electron chi connectivity index (χ1n) is 5.32. The second kappa shape index (κ2) is 4.77. The summed E-state index contributed by atoms with van der Waals surface area (Å²) < 4.78 is 4.21. The van der Waals surface area contributed by atoms with Crippen LogP contribution in [-0.2, 0) is 0 Å². The van der Waals surface area contributed by atoms with Gasteiger partial charge in [-0.1, -0.05) is 6.07 Å². The normalized spacial score (nSPS) is 10.8. The molecule has 3 aromatic rings. The molecule has 0 spiro atoms. The quantitative estimate of drug-likeness (QED) is 0.552. The fraction of sp³-hybridized carbons (Fsp3) is 0.0833. The summed E-state index contributed by atoms with van der Waals surface area (Å²) in [6, 6.07) is 8.15. The second-order valence-electron chi connectivity index (χ2n) is 3.81. The van der Waals surface area contributed by atoms with Crippen LogP contribution in [0.5, 0.6) is 0 Å². The SMILES string of the molecule is Cc1nc(NI)cc(-c2ccc3scnc3c2)n1. The fourth-order valence-electron chi connectivity index (χ4n) is 1.78. The molecule has 2 heterocycles. The molecule has 18 heavy (non-hydrogen) atoms. The van der Waals surface area contributed by atoms with Gasteiger partial charge in [-0.05, 0) is 19.1 Å². The van der Waals surface area contributed by atoms with E-state index in [-0.39, 0.29) is 0 Å². The first-order valence-corrected chi connectivity index (χ1v) is 7.28. The van der Waals surface area contributed by atoms with Crippen LogP contribution in [0.4, 0.5) is 5.82 Å². The molecule has 1 N–H and O–H groups in total. The van der Waals surface area contributed by atoms with Crippen molar-refractivity contribution in [3.63, 3.8) is 0 Å². The van der Waals surface area contributed by atoms with E-state index >= 15 is 0 Å². The molecule has 0 saturated heterocycles. The van der Waals surface area contributed by atoms with Crippen LogP contribution in [0.25, 0.3) is 21.5 Å². The molecule has 6 heteroatoms. The predicted octanol–water partition coefficient (Wildman–Crippen LogP) is 3.82. The average molecular weight is 368 g/mol. The maximum Gasteiger partial charge on any atom is 0.138 e. The summed E-state index contributed by atoms with van der Waals surface area (Å²) in [5.41, 5.74) is 4.85. The van der Waals surface area contributed by atoms with E-state index in [1.165, 1.54) is 4.70 Å². The number of thiazole rings is 1. The zero-order valence-corrected chi connectivity index (χ0v) is 12.5. The smallest absolute Gasteiger partial charge is 0.138 e. The van der Waals surface area contributed by atoms with Gasteiger partial charge in [0.2, 0.25) is 0 Å². The average Bonchev–Trinajstić information content (AvgIpc) is 2.85. The van der Waals surface area contributed by atoms with Crippen molar-refractivity contribution in [3.05, 3.63) is 35.6 Å². The van der Waals surface area contributed by atoms with E-state index in [1.807, 2.05) is 18.5 Å². The number of nitrogens with zero attached hydrogens (tertiary/aromatic N) is 3. The minimum atomic E-state index is 0.755. The van der Waals surface area contributed by atoms with Crippen molar-refractivity contribution in [3.8, 4) is 11.3 Å². The van der Waals surface area contributed by atoms with E-state index < -0.39 is 0 Å². The summed E-state index contributed by atoms with van der Waals surface area (Å²) >= 11 is 3.71. The van der Waals surface area contributed by atoms with Crippen LogP contribution in [0.3, 0.4) is 0 Å². The maximum absolute atomic E-state index is 4.46. The topological polar surface area (TPSA) is 50.7 Å². The third-order valence-corrected chi connectivity index (χ3v) is 3.92. The predicted molar refractivity (Wildman–Crippen MR) is 83.0 cm³/mol. The highest BCUT2D eigenvalue weighted by atomic mass is 127. The zero-order valence-electron chi connectivity index (χ0n) is 9.51. The Hall–Kier alpha value is -1.28. The summed E-state index contributed by atoms with van der Waals surface area (Å²) in [4.78, 5) is 13.1. The molecular formula is C12H9IN4S. The van der Waals surface area contributed by atoms with E-state index in [0.29, 0.717) is 0 Å². The van der Waals surface area contributed by atoms with Crippen LogP contribution in [0.2, 0.25) is 0 Å². The van der Waals surface area contributed by atoms with Gasteiger partial charge in [0, 0.05) is 11.6 Å². The highest BCUT2D eigenvalue weighted by molar-refractivity contribution is 14.1. The Balaban J connectivity index is 2.15. The highest BCUT2D eigenvalue weighted by Crippen LogP contribution is 2.26. The molecule has 4 nitrogen and oxygen atoms in total. The largest absolute Gasteiger partial charge is 0.313 e. The fourth-order valence-corrected chi connectivity index (χ4v) is 2.72. The maximum atomic E-state index is 4.46. The zero-order chi connectivity index (χ0) is 12.5. The van der Waals surface area contributed by atoms with Crippen molar-refractivity contribution in [1.29, 1.82) is 0 Å². The number of aryl methyl sites for hydroxylation is 1. The highest BCUT2D eigenvalue weighted by Gasteiger charge is 2.06. The Kier molecular flexibility index (Phi) is 3.13. The molecule has 3 rings (SSSR count). The van der Waals surface area contributed by atoms with Crippen molar-refractivity contribution in [2.75, 3.05) is 3.53 Å². The minimum absolute atomic E-state index is 0.755. The molecule has 0 bridgehead atoms. The molecule has 0 unspecified atom stereocenters. The molecule has 0 aliphatic rings. The Bertz CT molecular complexity index is 710. The van der Waals surface area contributed by atoms with Gasteiger partial charge in [-0.15, -0.1) is 11.3 Å². The molecule has 0 fully saturated rings. The van der Waals surface area contributed by atoms with Gasteiger partial charge in [-0.3, -0.25) is 0 Å². The summed E-state index contributed by atoms with van der Waals surface area (Å²) in [5.74, 6) is 1.57. The number of benzene rings is 1. The summed E-state index contributed by atoms with van der Waals surface area (Å²) in [7, 11) is 0. The number of nitrogens with one attached hydrogen (secondary N) is 1. The first-order chi connectivity index (χ1) is 8.76. The van der Waals surface area contributed by atoms with Crippen molar-refractivity contribution in [2.24, 2.45) is 0 Å². The molecule has 0 atom stereocenters. The van der Waals surface area contributed by atoms with Crippen molar-refractivity contribution < 1.29 is 0 Å². The number of halogens is 1. The lowest BCUT2D eigenvalue weighted by atomic mass is 10.1. The number of hydrogen-bond acceptors (Lipinski definition) is 5. The van der Waals surface area contributed by atoms with E-state index in [2.05, 4.69) is 59.5 Å². The number of aromatic nitrogens is 3. The second-order valence-corrected chi connectivity index (χ2v) is 5.24. The lowest BCUT2D eigenvalue weighted by Gasteiger charge is -2.05. The van der Waals surface area contributed by atoms with Crippen LogP contribution >= 0.6 is 34.2 Å². The van der Waals surface area contributed by atoms with Crippen LogP contribution in [-0.4, -0.2) is 15.0 Å². The lowest BCUT2D eigenvalue weighted by molar-refractivity contribution is 1.07. The van der Waals surface area contributed by atoms with Gasteiger partial charge in [0.1, 0.15) is 11.6 Å². The van der Waals surface area contributed by atoms with E-state index in [9.17, 15) is 0 Å². The third-order valence-electron chi connectivity index (χ3n) is 2.56. The van der Waals surface area contributed by atoms with Crippen molar-refractivity contribution in [2.45, 2.75) is 6.92 Å². The molecule has 0 radical (unpaired) electrons. The number of anilines is 1. The van der Waals surface area contributed by atoms with Crippen molar-refractivity contribution in [1.82, 2.24) is 15.0 Å². The van der Waals surface area contributed by atoms with Gasteiger partial charge >= 0.3 is 0 Å². The Morgan fingerprint density at radius 1 is 1.22 bits per heavy atom. The molecule has 0 amide bonds.